The van der Waals surface area contributed by atoms with Crippen LogP contribution in [0.5, 0.6) is 0 Å². The van der Waals surface area contributed by atoms with Crippen LogP contribution < -0.4 is 5.32 Å². The average molecular weight is 295 g/mol. The van der Waals surface area contributed by atoms with Crippen LogP contribution in [0.15, 0.2) is 5.16 Å². The monoisotopic (exact) mass is 295 g/mol. The maximum absolute atomic E-state index is 4.27. The Morgan fingerprint density at radius 2 is 2.05 bits per heavy atom. The Bertz CT molecular complexity index is 413. The zero-order valence-corrected chi connectivity index (χ0v) is 13.1. The molecule has 6 heteroatoms. The number of hydrogen-bond acceptors (Lipinski definition) is 5. The van der Waals surface area contributed by atoms with Crippen LogP contribution in [0.4, 0.5) is 0 Å². The number of nitrogens with one attached hydrogen (secondary N) is 1. The minimum absolute atomic E-state index is 0.542. The molecule has 2 saturated carbocycles. The van der Waals surface area contributed by atoms with E-state index < -0.39 is 0 Å². The van der Waals surface area contributed by atoms with Gasteiger partial charge >= 0.3 is 0 Å². The van der Waals surface area contributed by atoms with Gasteiger partial charge in [0.05, 0.1) is 6.04 Å². The first-order valence-electron chi connectivity index (χ1n) is 8.04. The van der Waals surface area contributed by atoms with Crippen molar-refractivity contribution in [1.82, 2.24) is 25.5 Å². The van der Waals surface area contributed by atoms with Gasteiger partial charge in [0.25, 0.3) is 0 Å². The topological polar surface area (TPSA) is 55.6 Å². The Morgan fingerprint density at radius 3 is 2.85 bits per heavy atom. The fourth-order valence-electron chi connectivity index (χ4n) is 3.52. The molecule has 5 nitrogen and oxygen atoms in total. The highest BCUT2D eigenvalue weighted by Gasteiger charge is 2.26. The second-order valence-corrected chi connectivity index (χ2v) is 7.27. The zero-order chi connectivity index (χ0) is 13.8. The predicted molar refractivity (Wildman–Crippen MR) is 80.9 cm³/mol. The van der Waals surface area contributed by atoms with Gasteiger partial charge in [-0.05, 0) is 49.1 Å². The van der Waals surface area contributed by atoms with Gasteiger partial charge in [-0.25, -0.2) is 4.68 Å². The molecule has 0 spiro atoms. The van der Waals surface area contributed by atoms with E-state index in [4.69, 9.17) is 0 Å². The van der Waals surface area contributed by atoms with Crippen LogP contribution in [0.1, 0.15) is 64.3 Å². The van der Waals surface area contributed by atoms with Crippen molar-refractivity contribution in [3.63, 3.8) is 0 Å². The molecule has 0 radical (unpaired) electrons. The molecule has 1 N–H and O–H groups in total. The van der Waals surface area contributed by atoms with Crippen molar-refractivity contribution in [3.05, 3.63) is 0 Å². The first kappa shape index (κ1) is 14.3. The summed E-state index contributed by atoms with van der Waals surface area (Å²) in [4.78, 5) is 0. The van der Waals surface area contributed by atoms with Crippen molar-refractivity contribution in [2.24, 2.45) is 0 Å². The molecule has 1 aromatic rings. The van der Waals surface area contributed by atoms with Crippen LogP contribution in [-0.2, 0) is 0 Å². The summed E-state index contributed by atoms with van der Waals surface area (Å²) in [6.07, 6.45) is 10.3. The molecule has 2 unspecified atom stereocenters. The number of thioether (sulfide) groups is 1. The first-order valence-corrected chi connectivity index (χ1v) is 8.92. The van der Waals surface area contributed by atoms with E-state index in [1.54, 1.807) is 0 Å². The lowest BCUT2D eigenvalue weighted by molar-refractivity contribution is 0.385. The third-order valence-corrected chi connectivity index (χ3v) is 5.77. The van der Waals surface area contributed by atoms with Gasteiger partial charge in [-0.1, -0.05) is 37.9 Å². The zero-order valence-electron chi connectivity index (χ0n) is 12.3. The standard InChI is InChI=1S/C14H25N5S/c1-2-15-11-6-5-9-13(10-11)20-14-16-17-18-19(14)12-7-3-4-8-12/h11-13,15H,2-10H2,1H3. The van der Waals surface area contributed by atoms with Gasteiger partial charge in [-0.15, -0.1) is 5.10 Å². The molecule has 0 aromatic carbocycles. The molecule has 0 amide bonds. The summed E-state index contributed by atoms with van der Waals surface area (Å²) in [7, 11) is 0. The summed E-state index contributed by atoms with van der Waals surface area (Å²) < 4.78 is 2.09. The van der Waals surface area contributed by atoms with Crippen LogP contribution in [-0.4, -0.2) is 38.0 Å². The summed E-state index contributed by atoms with van der Waals surface area (Å²) in [6, 6.07) is 1.22. The lowest BCUT2D eigenvalue weighted by Gasteiger charge is -2.29. The van der Waals surface area contributed by atoms with E-state index in [1.165, 1.54) is 51.4 Å². The summed E-state index contributed by atoms with van der Waals surface area (Å²) >= 11 is 1.90. The van der Waals surface area contributed by atoms with Crippen LogP contribution in [0.2, 0.25) is 0 Å². The quantitative estimate of drug-likeness (QED) is 0.905. The van der Waals surface area contributed by atoms with Crippen LogP contribution >= 0.6 is 11.8 Å². The number of nitrogens with zero attached hydrogens (tertiary/aromatic N) is 4. The Hall–Kier alpha value is -0.620. The van der Waals surface area contributed by atoms with Gasteiger partial charge < -0.3 is 5.32 Å². The molecule has 112 valence electrons. The van der Waals surface area contributed by atoms with Crippen LogP contribution in [0.25, 0.3) is 0 Å². The lowest BCUT2D eigenvalue weighted by atomic mass is 9.95. The Labute approximate surface area is 125 Å². The summed E-state index contributed by atoms with van der Waals surface area (Å²) in [5.41, 5.74) is 0. The van der Waals surface area contributed by atoms with Crippen molar-refractivity contribution >= 4 is 11.8 Å². The van der Waals surface area contributed by atoms with Crippen molar-refractivity contribution in [2.45, 2.75) is 80.8 Å². The van der Waals surface area contributed by atoms with Crippen LogP contribution in [0, 0.1) is 0 Å². The number of tetrazole rings is 1. The highest BCUT2D eigenvalue weighted by Crippen LogP contribution is 2.36. The number of aromatic nitrogens is 4. The Morgan fingerprint density at radius 1 is 1.20 bits per heavy atom. The van der Waals surface area contributed by atoms with Crippen molar-refractivity contribution < 1.29 is 0 Å². The molecular weight excluding hydrogens is 270 g/mol. The molecule has 1 aromatic heterocycles. The van der Waals surface area contributed by atoms with Crippen molar-refractivity contribution in [1.29, 1.82) is 0 Å². The minimum atomic E-state index is 0.542. The summed E-state index contributed by atoms with van der Waals surface area (Å²) in [5.74, 6) is 0. The Kier molecular flexibility index (Phi) is 4.94. The van der Waals surface area contributed by atoms with E-state index in [9.17, 15) is 0 Å². The number of hydrogen-bond donors (Lipinski definition) is 1. The van der Waals surface area contributed by atoms with Gasteiger partial charge in [0.1, 0.15) is 0 Å². The van der Waals surface area contributed by atoms with E-state index >= 15 is 0 Å². The normalized spacial score (nSPS) is 28.1. The van der Waals surface area contributed by atoms with Gasteiger partial charge in [0.2, 0.25) is 5.16 Å². The van der Waals surface area contributed by atoms with Gasteiger partial charge in [-0.3, -0.25) is 0 Å². The molecule has 2 fully saturated rings. The van der Waals surface area contributed by atoms with Crippen LogP contribution in [0.3, 0.4) is 0 Å². The Balaban J connectivity index is 1.61. The molecule has 2 atom stereocenters. The van der Waals surface area contributed by atoms with Crippen molar-refractivity contribution in [3.8, 4) is 0 Å². The first-order chi connectivity index (χ1) is 9.86. The van der Waals surface area contributed by atoms with Crippen molar-refractivity contribution in [2.75, 3.05) is 6.54 Å². The van der Waals surface area contributed by atoms with E-state index in [2.05, 4.69) is 32.4 Å². The smallest absolute Gasteiger partial charge is 0.209 e. The molecule has 0 saturated heterocycles. The summed E-state index contributed by atoms with van der Waals surface area (Å²) in [6.45, 7) is 3.26. The fourth-order valence-corrected chi connectivity index (χ4v) is 4.80. The van der Waals surface area contributed by atoms with E-state index in [0.717, 1.165) is 11.7 Å². The maximum Gasteiger partial charge on any atom is 0.209 e. The molecule has 3 rings (SSSR count). The predicted octanol–water partition coefficient (Wildman–Crippen LogP) is 2.80. The highest BCUT2D eigenvalue weighted by atomic mass is 32.2. The fraction of sp³-hybridized carbons (Fsp3) is 0.929. The SMILES string of the molecule is CCNC1CCCC(Sc2nnnn2C2CCCC2)C1. The molecule has 2 aliphatic carbocycles. The summed E-state index contributed by atoms with van der Waals surface area (Å²) in [5, 5.41) is 17.7. The maximum atomic E-state index is 4.27. The second-order valence-electron chi connectivity index (χ2n) is 6.01. The molecule has 0 aliphatic heterocycles. The molecule has 1 heterocycles. The van der Waals surface area contributed by atoms with Gasteiger partial charge in [0.15, 0.2) is 0 Å². The van der Waals surface area contributed by atoms with Gasteiger partial charge in [-0.2, -0.15) is 0 Å². The van der Waals surface area contributed by atoms with Gasteiger partial charge in [0, 0.05) is 11.3 Å². The van der Waals surface area contributed by atoms with E-state index in [1.807, 2.05) is 11.8 Å². The highest BCUT2D eigenvalue weighted by molar-refractivity contribution is 7.99. The van der Waals surface area contributed by atoms with E-state index in [0.29, 0.717) is 17.3 Å². The molecule has 2 aliphatic rings. The second kappa shape index (κ2) is 6.89. The third-order valence-electron chi connectivity index (χ3n) is 4.52. The molecule has 20 heavy (non-hydrogen) atoms. The van der Waals surface area contributed by atoms with E-state index in [-0.39, 0.29) is 0 Å². The average Bonchev–Trinajstić information content (AvgIpc) is 3.10. The molecular formula is C14H25N5S. The lowest BCUT2D eigenvalue weighted by Crippen LogP contribution is -2.35. The number of rotatable bonds is 5. The molecule has 0 bridgehead atoms. The minimum Gasteiger partial charge on any atom is -0.314 e. The third kappa shape index (κ3) is 3.34. The largest absolute Gasteiger partial charge is 0.314 e.